The van der Waals surface area contributed by atoms with Crippen molar-refractivity contribution in [3.05, 3.63) is 102 Å². The molecule has 0 radical (unpaired) electrons. The van der Waals surface area contributed by atoms with Gasteiger partial charge in [0.05, 0.1) is 0 Å². The van der Waals surface area contributed by atoms with Gasteiger partial charge in [-0.25, -0.2) is 4.39 Å². The minimum absolute atomic E-state index is 0.0468. The summed E-state index contributed by atoms with van der Waals surface area (Å²) in [5.41, 5.74) is 4.14. The number of aryl methyl sites for hydroxylation is 1. The van der Waals surface area contributed by atoms with Crippen molar-refractivity contribution in [2.75, 3.05) is 0 Å². The molecule has 152 valence electrons. The third-order valence-corrected chi connectivity index (χ3v) is 5.44. The van der Waals surface area contributed by atoms with Crippen LogP contribution in [-0.2, 0) is 17.9 Å². The van der Waals surface area contributed by atoms with E-state index in [4.69, 9.17) is 0 Å². The second kappa shape index (κ2) is 8.91. The molecule has 0 saturated carbocycles. The van der Waals surface area contributed by atoms with Gasteiger partial charge in [-0.15, -0.1) is 0 Å². The fourth-order valence-corrected chi connectivity index (χ4v) is 3.88. The summed E-state index contributed by atoms with van der Waals surface area (Å²) in [6.45, 7) is 3.39. The Kier molecular flexibility index (Phi) is 5.89. The summed E-state index contributed by atoms with van der Waals surface area (Å²) in [5.74, 6) is -0.495. The first-order valence-corrected chi connectivity index (χ1v) is 10.1. The maximum absolute atomic E-state index is 13.5. The van der Waals surface area contributed by atoms with Gasteiger partial charge in [-0.2, -0.15) is 0 Å². The second-order valence-electron chi connectivity index (χ2n) is 7.33. The normalized spacial score (nSPS) is 12.1. The van der Waals surface area contributed by atoms with E-state index in [1.807, 2.05) is 24.3 Å². The topological polar surface area (TPSA) is 46.9 Å². The lowest BCUT2D eigenvalue weighted by Crippen LogP contribution is -2.25. The standard InChI is InChI=1S/C25H24FN3O/c1-2-29-17-23(21-5-3-4-6-24(21)29)22(19-7-9-20(26)10-8-19)15-25(30)28-16-18-11-13-27-14-12-18/h3-14,17,22H,2,15-16H2,1H3,(H,28,30). The zero-order valence-electron chi connectivity index (χ0n) is 16.9. The third kappa shape index (κ3) is 4.25. The van der Waals surface area contributed by atoms with Gasteiger partial charge in [-0.05, 0) is 53.9 Å². The van der Waals surface area contributed by atoms with E-state index >= 15 is 0 Å². The van der Waals surface area contributed by atoms with Crippen LogP contribution in [0.15, 0.2) is 79.3 Å². The van der Waals surface area contributed by atoms with E-state index in [-0.39, 0.29) is 24.1 Å². The van der Waals surface area contributed by atoms with Gasteiger partial charge in [0, 0.05) is 54.9 Å². The molecular formula is C25H24FN3O. The fraction of sp³-hybridized carbons (Fsp3) is 0.200. The van der Waals surface area contributed by atoms with Crippen molar-refractivity contribution in [1.82, 2.24) is 14.9 Å². The van der Waals surface area contributed by atoms with Crippen molar-refractivity contribution in [1.29, 1.82) is 0 Å². The maximum Gasteiger partial charge on any atom is 0.221 e. The highest BCUT2D eigenvalue weighted by Crippen LogP contribution is 2.35. The first-order valence-electron chi connectivity index (χ1n) is 10.1. The lowest BCUT2D eigenvalue weighted by Gasteiger charge is -2.17. The van der Waals surface area contributed by atoms with Crippen LogP contribution in [0.25, 0.3) is 10.9 Å². The number of hydrogen-bond donors (Lipinski definition) is 1. The van der Waals surface area contributed by atoms with Gasteiger partial charge in [0.2, 0.25) is 5.91 Å². The largest absolute Gasteiger partial charge is 0.352 e. The Bertz CT molecular complexity index is 1140. The smallest absolute Gasteiger partial charge is 0.221 e. The molecule has 2 aromatic heterocycles. The molecule has 2 heterocycles. The van der Waals surface area contributed by atoms with Crippen LogP contribution in [0.3, 0.4) is 0 Å². The SMILES string of the molecule is CCn1cc(C(CC(=O)NCc2ccncc2)c2ccc(F)cc2)c2ccccc21. The van der Waals surface area contributed by atoms with E-state index in [9.17, 15) is 9.18 Å². The molecule has 0 bridgehead atoms. The van der Waals surface area contributed by atoms with Crippen LogP contribution in [-0.4, -0.2) is 15.5 Å². The number of carbonyl (C=O) groups is 1. The van der Waals surface area contributed by atoms with Crippen LogP contribution in [0.4, 0.5) is 4.39 Å². The number of rotatable bonds is 7. The predicted molar refractivity (Wildman–Crippen MR) is 117 cm³/mol. The average molecular weight is 401 g/mol. The van der Waals surface area contributed by atoms with Gasteiger partial charge in [-0.1, -0.05) is 30.3 Å². The molecule has 4 nitrogen and oxygen atoms in total. The van der Waals surface area contributed by atoms with E-state index in [0.717, 1.165) is 34.1 Å². The lowest BCUT2D eigenvalue weighted by molar-refractivity contribution is -0.121. The molecule has 0 spiro atoms. The predicted octanol–water partition coefficient (Wildman–Crippen LogP) is 5.03. The Morgan fingerprint density at radius 2 is 1.80 bits per heavy atom. The monoisotopic (exact) mass is 401 g/mol. The number of hydrogen-bond acceptors (Lipinski definition) is 2. The van der Waals surface area contributed by atoms with Crippen LogP contribution in [0.2, 0.25) is 0 Å². The number of halogens is 1. The van der Waals surface area contributed by atoms with E-state index in [1.54, 1.807) is 24.5 Å². The first kappa shape index (κ1) is 19.8. The highest BCUT2D eigenvalue weighted by Gasteiger charge is 2.22. The van der Waals surface area contributed by atoms with E-state index in [1.165, 1.54) is 12.1 Å². The Morgan fingerprint density at radius 3 is 2.53 bits per heavy atom. The van der Waals surface area contributed by atoms with Crippen LogP contribution in [0, 0.1) is 5.82 Å². The molecule has 4 rings (SSSR count). The lowest BCUT2D eigenvalue weighted by atomic mass is 9.88. The minimum Gasteiger partial charge on any atom is -0.352 e. The average Bonchev–Trinajstić information content (AvgIpc) is 3.16. The molecule has 0 aliphatic rings. The summed E-state index contributed by atoms with van der Waals surface area (Å²) in [5, 5.41) is 4.12. The number of para-hydroxylation sites is 1. The summed E-state index contributed by atoms with van der Waals surface area (Å²) in [4.78, 5) is 16.8. The van der Waals surface area contributed by atoms with Crippen molar-refractivity contribution < 1.29 is 9.18 Å². The Morgan fingerprint density at radius 1 is 1.07 bits per heavy atom. The molecule has 1 unspecified atom stereocenters. The molecule has 0 aliphatic heterocycles. The minimum atomic E-state index is -0.282. The van der Waals surface area contributed by atoms with Crippen molar-refractivity contribution in [3.63, 3.8) is 0 Å². The number of nitrogens with zero attached hydrogens (tertiary/aromatic N) is 2. The van der Waals surface area contributed by atoms with Crippen molar-refractivity contribution in [2.45, 2.75) is 32.4 Å². The zero-order valence-corrected chi connectivity index (χ0v) is 16.9. The van der Waals surface area contributed by atoms with Gasteiger partial charge in [0.1, 0.15) is 5.82 Å². The number of pyridine rings is 1. The van der Waals surface area contributed by atoms with Crippen molar-refractivity contribution in [3.8, 4) is 0 Å². The summed E-state index contributed by atoms with van der Waals surface area (Å²) in [7, 11) is 0. The van der Waals surface area contributed by atoms with Crippen LogP contribution in [0.5, 0.6) is 0 Å². The molecule has 1 N–H and O–H groups in total. The Labute approximate surface area is 175 Å². The molecule has 30 heavy (non-hydrogen) atoms. The molecule has 2 aromatic carbocycles. The number of aromatic nitrogens is 2. The zero-order chi connectivity index (χ0) is 20.9. The molecule has 0 aliphatic carbocycles. The van der Waals surface area contributed by atoms with E-state index < -0.39 is 0 Å². The molecule has 1 atom stereocenters. The van der Waals surface area contributed by atoms with E-state index in [2.05, 4.69) is 40.1 Å². The summed E-state index contributed by atoms with van der Waals surface area (Å²) in [6.07, 6.45) is 5.83. The molecule has 4 aromatic rings. The number of amides is 1. The number of carbonyl (C=O) groups excluding carboxylic acids is 1. The quantitative estimate of drug-likeness (QED) is 0.472. The Hall–Kier alpha value is -3.47. The second-order valence-corrected chi connectivity index (χ2v) is 7.33. The van der Waals surface area contributed by atoms with Crippen LogP contribution in [0.1, 0.15) is 36.0 Å². The van der Waals surface area contributed by atoms with Crippen LogP contribution >= 0.6 is 0 Å². The fourth-order valence-electron chi connectivity index (χ4n) is 3.88. The molecule has 5 heteroatoms. The maximum atomic E-state index is 13.5. The molecule has 0 fully saturated rings. The highest BCUT2D eigenvalue weighted by molar-refractivity contribution is 5.86. The number of nitrogens with one attached hydrogen (secondary N) is 1. The summed E-state index contributed by atoms with van der Waals surface area (Å²) in [6, 6.07) is 18.4. The van der Waals surface area contributed by atoms with Gasteiger partial charge >= 0.3 is 0 Å². The molecule has 1 amide bonds. The van der Waals surface area contributed by atoms with Gasteiger partial charge in [0.15, 0.2) is 0 Å². The first-order chi connectivity index (χ1) is 14.7. The third-order valence-electron chi connectivity index (χ3n) is 5.44. The van der Waals surface area contributed by atoms with Crippen LogP contribution < -0.4 is 5.32 Å². The van der Waals surface area contributed by atoms with Gasteiger partial charge in [-0.3, -0.25) is 9.78 Å². The van der Waals surface area contributed by atoms with Gasteiger partial charge in [0.25, 0.3) is 0 Å². The molecule has 0 saturated heterocycles. The highest BCUT2D eigenvalue weighted by atomic mass is 19.1. The van der Waals surface area contributed by atoms with Crippen molar-refractivity contribution >= 4 is 16.8 Å². The molecular weight excluding hydrogens is 377 g/mol. The number of fused-ring (bicyclic) bond motifs is 1. The summed E-state index contributed by atoms with van der Waals surface area (Å²) >= 11 is 0. The number of benzene rings is 2. The summed E-state index contributed by atoms with van der Waals surface area (Å²) < 4.78 is 15.7. The Balaban J connectivity index is 1.65. The van der Waals surface area contributed by atoms with Gasteiger partial charge < -0.3 is 9.88 Å². The van der Waals surface area contributed by atoms with E-state index in [0.29, 0.717) is 6.54 Å². The van der Waals surface area contributed by atoms with Crippen molar-refractivity contribution in [2.24, 2.45) is 0 Å².